The van der Waals surface area contributed by atoms with Crippen molar-refractivity contribution in [2.75, 3.05) is 0 Å². The quantitative estimate of drug-likeness (QED) is 0.791. The fourth-order valence-corrected chi connectivity index (χ4v) is 2.45. The molecule has 0 bridgehead atoms. The highest BCUT2D eigenvalue weighted by atomic mass is 35.5. The molecule has 4 nitrogen and oxygen atoms in total. The lowest BCUT2D eigenvalue weighted by Gasteiger charge is -2.02. The van der Waals surface area contributed by atoms with Crippen LogP contribution in [0.5, 0.6) is 0 Å². The maximum Gasteiger partial charge on any atom is 0.180 e. The Kier molecular flexibility index (Phi) is 4.38. The Morgan fingerprint density at radius 1 is 1.50 bits per heavy atom. The van der Waals surface area contributed by atoms with Crippen LogP contribution >= 0.6 is 23.1 Å². The van der Waals surface area contributed by atoms with E-state index >= 15 is 0 Å². The topological polar surface area (TPSA) is 55.7 Å². The van der Waals surface area contributed by atoms with E-state index in [0.717, 1.165) is 35.6 Å². The number of carbonyl (C=O) groups is 1. The first-order valence-electron chi connectivity index (χ1n) is 5.65. The number of aryl methyl sites for hydroxylation is 1. The molecule has 2 aromatic heterocycles. The molecule has 2 aromatic rings. The average molecular weight is 282 g/mol. The maximum atomic E-state index is 12.2. The highest BCUT2D eigenvalue weighted by Crippen LogP contribution is 2.19. The number of rotatable bonds is 5. The van der Waals surface area contributed by atoms with E-state index in [9.17, 15) is 4.79 Å². The van der Waals surface area contributed by atoms with Crippen LogP contribution in [0.3, 0.4) is 0 Å². The summed E-state index contributed by atoms with van der Waals surface area (Å²) in [6.45, 7) is 2.05. The smallest absolute Gasteiger partial charge is 0.180 e. The zero-order valence-electron chi connectivity index (χ0n) is 9.89. The van der Waals surface area contributed by atoms with E-state index in [1.54, 1.807) is 18.5 Å². The van der Waals surface area contributed by atoms with Crippen molar-refractivity contribution >= 4 is 28.9 Å². The second-order valence-electron chi connectivity index (χ2n) is 3.87. The first kappa shape index (κ1) is 13.1. The summed E-state index contributed by atoms with van der Waals surface area (Å²) in [6, 6.07) is 1.76. The van der Waals surface area contributed by atoms with Crippen molar-refractivity contribution in [2.24, 2.45) is 0 Å². The SMILES string of the molecule is CCCc1nnsc1C(=O)Cc1ccncc1Cl. The normalized spacial score (nSPS) is 10.6. The van der Waals surface area contributed by atoms with Gasteiger partial charge in [-0.1, -0.05) is 29.4 Å². The third kappa shape index (κ3) is 2.91. The van der Waals surface area contributed by atoms with Gasteiger partial charge in [0.25, 0.3) is 0 Å². The van der Waals surface area contributed by atoms with Crippen LogP contribution in [0.25, 0.3) is 0 Å². The number of pyridine rings is 1. The number of nitrogens with zero attached hydrogens (tertiary/aromatic N) is 3. The predicted molar refractivity (Wildman–Crippen MR) is 71.2 cm³/mol. The predicted octanol–water partition coefficient (Wildman–Crippen LogP) is 2.96. The standard InChI is InChI=1S/C12H12ClN3OS/c1-2-3-10-12(18-16-15-10)11(17)6-8-4-5-14-7-9(8)13/h4-5,7H,2-3,6H2,1H3. The number of Topliss-reactive ketones (excluding diaryl/α,β-unsaturated/α-hetero) is 1. The third-order valence-corrected chi connectivity index (χ3v) is 3.65. The molecular weight excluding hydrogens is 270 g/mol. The Morgan fingerprint density at radius 3 is 3.06 bits per heavy atom. The first-order chi connectivity index (χ1) is 8.72. The molecule has 0 aliphatic carbocycles. The Balaban J connectivity index is 2.17. The second-order valence-corrected chi connectivity index (χ2v) is 5.03. The monoisotopic (exact) mass is 281 g/mol. The van der Waals surface area contributed by atoms with E-state index in [2.05, 4.69) is 14.6 Å². The van der Waals surface area contributed by atoms with Crippen LogP contribution in [0.15, 0.2) is 18.5 Å². The molecule has 2 rings (SSSR count). The second kappa shape index (κ2) is 6.02. The third-order valence-electron chi connectivity index (χ3n) is 2.50. The Labute approximate surface area is 114 Å². The van der Waals surface area contributed by atoms with Gasteiger partial charge in [-0.15, -0.1) is 5.10 Å². The van der Waals surface area contributed by atoms with Gasteiger partial charge >= 0.3 is 0 Å². The fraction of sp³-hybridized carbons (Fsp3) is 0.333. The van der Waals surface area contributed by atoms with Crippen molar-refractivity contribution in [2.45, 2.75) is 26.2 Å². The molecule has 6 heteroatoms. The van der Waals surface area contributed by atoms with Crippen molar-refractivity contribution in [3.05, 3.63) is 39.6 Å². The van der Waals surface area contributed by atoms with Crippen LogP contribution in [0.2, 0.25) is 5.02 Å². The molecule has 0 aliphatic heterocycles. The number of carbonyl (C=O) groups excluding carboxylic acids is 1. The Hall–Kier alpha value is -1.33. The molecule has 0 spiro atoms. The van der Waals surface area contributed by atoms with Crippen LogP contribution in [0.1, 0.15) is 34.3 Å². The van der Waals surface area contributed by atoms with Gasteiger partial charge in [0.2, 0.25) is 0 Å². The van der Waals surface area contributed by atoms with E-state index in [1.807, 2.05) is 6.92 Å². The minimum absolute atomic E-state index is 0.0153. The molecule has 0 atom stereocenters. The van der Waals surface area contributed by atoms with Gasteiger partial charge in [0.15, 0.2) is 5.78 Å². The average Bonchev–Trinajstić information content (AvgIpc) is 2.81. The van der Waals surface area contributed by atoms with Crippen molar-refractivity contribution < 1.29 is 4.79 Å². The van der Waals surface area contributed by atoms with E-state index < -0.39 is 0 Å². The van der Waals surface area contributed by atoms with Crippen LogP contribution in [-0.4, -0.2) is 20.4 Å². The van der Waals surface area contributed by atoms with Gasteiger partial charge in [-0.25, -0.2) is 0 Å². The number of aromatic nitrogens is 3. The molecule has 0 N–H and O–H groups in total. The summed E-state index contributed by atoms with van der Waals surface area (Å²) < 4.78 is 3.85. The zero-order valence-corrected chi connectivity index (χ0v) is 11.5. The molecule has 0 radical (unpaired) electrons. The highest BCUT2D eigenvalue weighted by molar-refractivity contribution is 7.08. The van der Waals surface area contributed by atoms with Gasteiger partial charge in [-0.2, -0.15) is 0 Å². The van der Waals surface area contributed by atoms with Gasteiger partial charge in [-0.3, -0.25) is 9.78 Å². The Bertz CT molecular complexity index is 556. The molecule has 0 aliphatic rings. The highest BCUT2D eigenvalue weighted by Gasteiger charge is 2.17. The van der Waals surface area contributed by atoms with E-state index in [4.69, 9.17) is 11.6 Å². The van der Waals surface area contributed by atoms with Gasteiger partial charge < -0.3 is 0 Å². The van der Waals surface area contributed by atoms with Gasteiger partial charge in [-0.05, 0) is 29.6 Å². The van der Waals surface area contributed by atoms with Crippen molar-refractivity contribution in [3.63, 3.8) is 0 Å². The maximum absolute atomic E-state index is 12.2. The van der Waals surface area contributed by atoms with Gasteiger partial charge in [0.05, 0.1) is 10.7 Å². The minimum atomic E-state index is 0.0153. The molecule has 0 saturated heterocycles. The lowest BCUT2D eigenvalue weighted by Crippen LogP contribution is -2.05. The molecule has 2 heterocycles. The number of halogens is 1. The fourth-order valence-electron chi connectivity index (χ4n) is 1.62. The summed E-state index contributed by atoms with van der Waals surface area (Å²) in [4.78, 5) is 16.7. The molecule has 0 amide bonds. The lowest BCUT2D eigenvalue weighted by molar-refractivity contribution is 0.0995. The van der Waals surface area contributed by atoms with Crippen LogP contribution in [-0.2, 0) is 12.8 Å². The van der Waals surface area contributed by atoms with E-state index in [1.165, 1.54) is 0 Å². The molecular formula is C12H12ClN3OS. The molecule has 94 valence electrons. The summed E-state index contributed by atoms with van der Waals surface area (Å²) >= 11 is 7.14. The summed E-state index contributed by atoms with van der Waals surface area (Å²) in [7, 11) is 0. The van der Waals surface area contributed by atoms with Gasteiger partial charge in [0, 0.05) is 18.8 Å². The zero-order chi connectivity index (χ0) is 13.0. The first-order valence-corrected chi connectivity index (χ1v) is 6.80. The van der Waals surface area contributed by atoms with Crippen molar-refractivity contribution in [1.82, 2.24) is 14.6 Å². The van der Waals surface area contributed by atoms with Crippen molar-refractivity contribution in [1.29, 1.82) is 0 Å². The summed E-state index contributed by atoms with van der Waals surface area (Å²) in [5, 5.41) is 4.51. The molecule has 0 saturated carbocycles. The number of hydrogen-bond donors (Lipinski definition) is 0. The molecule has 18 heavy (non-hydrogen) atoms. The van der Waals surface area contributed by atoms with E-state index in [0.29, 0.717) is 9.90 Å². The van der Waals surface area contributed by atoms with Crippen LogP contribution in [0.4, 0.5) is 0 Å². The molecule has 0 unspecified atom stereocenters. The van der Waals surface area contributed by atoms with Crippen molar-refractivity contribution in [3.8, 4) is 0 Å². The number of hydrogen-bond acceptors (Lipinski definition) is 5. The molecule has 0 fully saturated rings. The minimum Gasteiger partial charge on any atom is -0.293 e. The van der Waals surface area contributed by atoms with Gasteiger partial charge in [0.1, 0.15) is 4.88 Å². The van der Waals surface area contributed by atoms with Crippen LogP contribution in [0, 0.1) is 0 Å². The summed E-state index contributed by atoms with van der Waals surface area (Å²) in [5.41, 5.74) is 1.57. The summed E-state index contributed by atoms with van der Waals surface area (Å²) in [6.07, 6.45) is 5.17. The Morgan fingerprint density at radius 2 is 2.33 bits per heavy atom. The number of ketones is 1. The summed E-state index contributed by atoms with van der Waals surface area (Å²) in [5.74, 6) is 0.0153. The molecule has 0 aromatic carbocycles. The van der Waals surface area contributed by atoms with E-state index in [-0.39, 0.29) is 12.2 Å². The largest absolute Gasteiger partial charge is 0.293 e. The van der Waals surface area contributed by atoms with Crippen LogP contribution < -0.4 is 0 Å². The lowest BCUT2D eigenvalue weighted by atomic mass is 10.1.